The van der Waals surface area contributed by atoms with Crippen LogP contribution in [0.5, 0.6) is 0 Å². The fourth-order valence-electron chi connectivity index (χ4n) is 2.56. The smallest absolute Gasteiger partial charge is 0.358 e. The van der Waals surface area contributed by atoms with Gasteiger partial charge >= 0.3 is 5.97 Å². The number of rotatable bonds is 2. The van der Waals surface area contributed by atoms with Crippen LogP contribution >= 0.6 is 0 Å². The Hall–Kier alpha value is -1.65. The maximum atomic E-state index is 11.3. The van der Waals surface area contributed by atoms with E-state index in [-0.39, 0.29) is 5.69 Å². The maximum Gasteiger partial charge on any atom is 0.358 e. The van der Waals surface area contributed by atoms with Gasteiger partial charge in [-0.2, -0.15) is 0 Å². The Kier molecular flexibility index (Phi) is 3.79. The van der Waals surface area contributed by atoms with Gasteiger partial charge in [-0.15, -0.1) is 10.2 Å². The third kappa shape index (κ3) is 2.78. The molecule has 2 heterocycles. The Balaban J connectivity index is 2.11. The molecule has 0 radical (unpaired) electrons. The molecule has 0 amide bonds. The maximum absolute atomic E-state index is 11.3. The van der Waals surface area contributed by atoms with Crippen molar-refractivity contribution in [2.45, 2.75) is 20.3 Å². The normalized spacial score (nSPS) is 23.8. The monoisotopic (exact) mass is 249 g/mol. The molecule has 1 aromatic rings. The van der Waals surface area contributed by atoms with E-state index in [1.54, 1.807) is 6.07 Å². The highest BCUT2D eigenvalue weighted by molar-refractivity contribution is 5.86. The summed E-state index contributed by atoms with van der Waals surface area (Å²) in [5, 5.41) is 8.02. The van der Waals surface area contributed by atoms with E-state index in [0.29, 0.717) is 11.8 Å². The molecular formula is C13H19N3O2. The van der Waals surface area contributed by atoms with Crippen molar-refractivity contribution in [3.63, 3.8) is 0 Å². The predicted molar refractivity (Wildman–Crippen MR) is 68.5 cm³/mol. The molecule has 5 nitrogen and oxygen atoms in total. The second kappa shape index (κ2) is 5.33. The second-order valence-electron chi connectivity index (χ2n) is 5.12. The lowest BCUT2D eigenvalue weighted by atomic mass is 9.92. The molecule has 0 aromatic carbocycles. The van der Waals surface area contributed by atoms with Gasteiger partial charge in [0.2, 0.25) is 0 Å². The molecule has 1 aliphatic rings. The Morgan fingerprint density at radius 1 is 1.28 bits per heavy atom. The molecule has 18 heavy (non-hydrogen) atoms. The van der Waals surface area contributed by atoms with E-state index in [1.165, 1.54) is 13.5 Å². The fraction of sp³-hybridized carbons (Fsp3) is 0.615. The SMILES string of the molecule is COC(=O)c1ccc(N2C[C@H](C)C[C@@H](C)C2)nn1. The van der Waals surface area contributed by atoms with E-state index in [4.69, 9.17) is 0 Å². The summed E-state index contributed by atoms with van der Waals surface area (Å²) in [5.41, 5.74) is 0.249. The Bertz CT molecular complexity index is 409. The molecular weight excluding hydrogens is 230 g/mol. The molecule has 1 aliphatic heterocycles. The lowest BCUT2D eigenvalue weighted by molar-refractivity contribution is 0.0592. The van der Waals surface area contributed by atoms with Gasteiger partial charge in [-0.1, -0.05) is 13.8 Å². The van der Waals surface area contributed by atoms with Gasteiger partial charge in [-0.25, -0.2) is 4.79 Å². The molecule has 98 valence electrons. The van der Waals surface area contributed by atoms with Crippen molar-refractivity contribution >= 4 is 11.8 Å². The molecule has 0 bridgehead atoms. The number of esters is 1. The standard InChI is InChI=1S/C13H19N3O2/c1-9-6-10(2)8-16(7-9)12-5-4-11(14-15-12)13(17)18-3/h4-5,9-10H,6-8H2,1-3H3/t9-,10-/m1/s1. The number of aromatic nitrogens is 2. The third-order valence-corrected chi connectivity index (χ3v) is 3.24. The van der Waals surface area contributed by atoms with Gasteiger partial charge in [0.05, 0.1) is 7.11 Å². The number of anilines is 1. The highest BCUT2D eigenvalue weighted by atomic mass is 16.5. The van der Waals surface area contributed by atoms with Gasteiger partial charge < -0.3 is 9.64 Å². The summed E-state index contributed by atoms with van der Waals surface area (Å²) in [6.45, 7) is 6.49. The number of ether oxygens (including phenoxy) is 1. The highest BCUT2D eigenvalue weighted by Crippen LogP contribution is 2.24. The van der Waals surface area contributed by atoms with E-state index >= 15 is 0 Å². The van der Waals surface area contributed by atoms with Crippen LogP contribution in [-0.2, 0) is 4.74 Å². The van der Waals surface area contributed by atoms with Crippen LogP contribution in [0, 0.1) is 11.8 Å². The van der Waals surface area contributed by atoms with Crippen LogP contribution in [0.1, 0.15) is 30.8 Å². The third-order valence-electron chi connectivity index (χ3n) is 3.24. The average molecular weight is 249 g/mol. The Morgan fingerprint density at radius 2 is 1.94 bits per heavy atom. The summed E-state index contributed by atoms with van der Waals surface area (Å²) in [6.07, 6.45) is 1.25. The van der Waals surface area contributed by atoms with Crippen LogP contribution in [0.4, 0.5) is 5.82 Å². The molecule has 1 saturated heterocycles. The molecule has 0 unspecified atom stereocenters. The lowest BCUT2D eigenvalue weighted by Crippen LogP contribution is -2.39. The van der Waals surface area contributed by atoms with Gasteiger partial charge in [0, 0.05) is 13.1 Å². The first-order valence-electron chi connectivity index (χ1n) is 6.27. The topological polar surface area (TPSA) is 55.3 Å². The highest BCUT2D eigenvalue weighted by Gasteiger charge is 2.23. The fourth-order valence-corrected chi connectivity index (χ4v) is 2.56. The zero-order valence-corrected chi connectivity index (χ0v) is 11.1. The van der Waals surface area contributed by atoms with E-state index in [1.807, 2.05) is 6.07 Å². The predicted octanol–water partition coefficient (Wildman–Crippen LogP) is 1.75. The first-order valence-corrected chi connectivity index (χ1v) is 6.27. The van der Waals surface area contributed by atoms with E-state index in [9.17, 15) is 4.79 Å². The Labute approximate surface area is 107 Å². The number of hydrogen-bond donors (Lipinski definition) is 0. The van der Waals surface area contributed by atoms with Gasteiger partial charge in [0.1, 0.15) is 0 Å². The van der Waals surface area contributed by atoms with Crippen molar-refractivity contribution in [2.24, 2.45) is 11.8 Å². The van der Waals surface area contributed by atoms with Crippen molar-refractivity contribution in [3.8, 4) is 0 Å². The molecule has 2 rings (SSSR count). The minimum atomic E-state index is -0.450. The minimum absolute atomic E-state index is 0.249. The molecule has 2 atom stereocenters. The van der Waals surface area contributed by atoms with Crippen molar-refractivity contribution in [3.05, 3.63) is 17.8 Å². The number of methoxy groups -OCH3 is 1. The summed E-state index contributed by atoms with van der Waals surface area (Å²) in [7, 11) is 1.34. The van der Waals surface area contributed by atoms with Crippen molar-refractivity contribution in [1.82, 2.24) is 10.2 Å². The molecule has 1 aromatic heterocycles. The zero-order valence-electron chi connectivity index (χ0n) is 11.1. The molecule has 0 aliphatic carbocycles. The van der Waals surface area contributed by atoms with Crippen LogP contribution in [0.15, 0.2) is 12.1 Å². The lowest BCUT2D eigenvalue weighted by Gasteiger charge is -2.35. The van der Waals surface area contributed by atoms with Crippen molar-refractivity contribution in [1.29, 1.82) is 0 Å². The largest absolute Gasteiger partial charge is 0.464 e. The zero-order chi connectivity index (χ0) is 13.1. The summed E-state index contributed by atoms with van der Waals surface area (Å²) < 4.78 is 4.60. The first kappa shape index (κ1) is 12.8. The van der Waals surface area contributed by atoms with Crippen molar-refractivity contribution < 1.29 is 9.53 Å². The molecule has 0 saturated carbocycles. The molecule has 5 heteroatoms. The summed E-state index contributed by atoms with van der Waals surface area (Å²) in [6, 6.07) is 3.50. The molecule has 0 spiro atoms. The number of piperidine rings is 1. The Morgan fingerprint density at radius 3 is 2.44 bits per heavy atom. The number of carbonyl (C=O) groups is 1. The summed E-state index contributed by atoms with van der Waals surface area (Å²) >= 11 is 0. The van der Waals surface area contributed by atoms with Gasteiger partial charge in [-0.05, 0) is 30.4 Å². The summed E-state index contributed by atoms with van der Waals surface area (Å²) in [5.74, 6) is 1.71. The van der Waals surface area contributed by atoms with Gasteiger partial charge in [0.15, 0.2) is 11.5 Å². The van der Waals surface area contributed by atoms with Crippen LogP contribution in [0.3, 0.4) is 0 Å². The van der Waals surface area contributed by atoms with E-state index < -0.39 is 5.97 Å². The van der Waals surface area contributed by atoms with E-state index in [2.05, 4.69) is 33.7 Å². The van der Waals surface area contributed by atoms with Crippen LogP contribution < -0.4 is 4.90 Å². The van der Waals surface area contributed by atoms with Gasteiger partial charge in [0.25, 0.3) is 0 Å². The van der Waals surface area contributed by atoms with Crippen LogP contribution in [0.2, 0.25) is 0 Å². The molecule has 0 N–H and O–H groups in total. The molecule has 1 fully saturated rings. The number of nitrogens with zero attached hydrogens (tertiary/aromatic N) is 3. The average Bonchev–Trinajstić information content (AvgIpc) is 2.37. The first-order chi connectivity index (χ1) is 8.60. The quantitative estimate of drug-likeness (QED) is 0.747. The number of carbonyl (C=O) groups excluding carboxylic acids is 1. The minimum Gasteiger partial charge on any atom is -0.464 e. The van der Waals surface area contributed by atoms with Crippen molar-refractivity contribution in [2.75, 3.05) is 25.1 Å². The second-order valence-corrected chi connectivity index (χ2v) is 5.12. The summed E-state index contributed by atoms with van der Waals surface area (Å²) in [4.78, 5) is 13.5. The van der Waals surface area contributed by atoms with Gasteiger partial charge in [-0.3, -0.25) is 0 Å². The van der Waals surface area contributed by atoms with Crippen LogP contribution in [-0.4, -0.2) is 36.4 Å². The van der Waals surface area contributed by atoms with Crippen LogP contribution in [0.25, 0.3) is 0 Å². The van der Waals surface area contributed by atoms with E-state index in [0.717, 1.165) is 18.9 Å². The number of hydrogen-bond acceptors (Lipinski definition) is 5.